The van der Waals surface area contributed by atoms with Crippen LogP contribution in [0.3, 0.4) is 0 Å². The molecule has 0 saturated carbocycles. The van der Waals surface area contributed by atoms with Crippen molar-refractivity contribution >= 4 is 15.7 Å². The Hall–Kier alpha value is -0.620. The first-order valence-electron chi connectivity index (χ1n) is 4.53. The van der Waals surface area contributed by atoms with E-state index in [1.165, 1.54) is 0 Å². The van der Waals surface area contributed by atoms with Gasteiger partial charge in [0.2, 0.25) is 5.91 Å². The molecule has 6 heteroatoms. The number of rotatable bonds is 5. The highest BCUT2D eigenvalue weighted by atomic mass is 32.2. The SMILES string of the molecule is CS(=O)(=O)CCC(=O)NCC1CCO1. The molecule has 1 saturated heterocycles. The minimum absolute atomic E-state index is 0.0333. The molecule has 0 aromatic rings. The molecule has 1 unspecified atom stereocenters. The van der Waals surface area contributed by atoms with E-state index in [9.17, 15) is 13.2 Å². The van der Waals surface area contributed by atoms with Crippen LogP contribution < -0.4 is 5.32 Å². The zero-order valence-electron chi connectivity index (χ0n) is 8.15. The molecule has 5 nitrogen and oxygen atoms in total. The number of hydrogen-bond acceptors (Lipinski definition) is 4. The van der Waals surface area contributed by atoms with Gasteiger partial charge in [0.15, 0.2) is 0 Å². The smallest absolute Gasteiger partial charge is 0.221 e. The summed E-state index contributed by atoms with van der Waals surface area (Å²) in [6.45, 7) is 1.24. The van der Waals surface area contributed by atoms with Crippen molar-refractivity contribution in [3.8, 4) is 0 Å². The highest BCUT2D eigenvalue weighted by molar-refractivity contribution is 7.90. The Kier molecular flexibility index (Phi) is 3.88. The number of hydrogen-bond donors (Lipinski definition) is 1. The van der Waals surface area contributed by atoms with E-state index >= 15 is 0 Å². The number of sulfone groups is 1. The minimum Gasteiger partial charge on any atom is -0.376 e. The molecule has 0 radical (unpaired) electrons. The van der Waals surface area contributed by atoms with Crippen LogP contribution in [0.15, 0.2) is 0 Å². The molecule has 82 valence electrons. The largest absolute Gasteiger partial charge is 0.376 e. The van der Waals surface area contributed by atoms with Crippen LogP contribution in [0.2, 0.25) is 0 Å². The lowest BCUT2D eigenvalue weighted by Crippen LogP contribution is -2.40. The average molecular weight is 221 g/mol. The number of amides is 1. The number of carbonyl (C=O) groups is 1. The molecule has 0 aromatic heterocycles. The highest BCUT2D eigenvalue weighted by Gasteiger charge is 2.18. The van der Waals surface area contributed by atoms with Crippen LogP contribution in [0.5, 0.6) is 0 Å². The predicted molar refractivity (Wildman–Crippen MR) is 51.7 cm³/mol. The molecule has 0 bridgehead atoms. The van der Waals surface area contributed by atoms with Crippen molar-refractivity contribution in [2.45, 2.75) is 18.9 Å². The molecule has 14 heavy (non-hydrogen) atoms. The van der Waals surface area contributed by atoms with E-state index < -0.39 is 9.84 Å². The van der Waals surface area contributed by atoms with Crippen LogP contribution in [0, 0.1) is 0 Å². The summed E-state index contributed by atoms with van der Waals surface area (Å²) in [5.41, 5.74) is 0. The Bertz CT molecular complexity index is 294. The Morgan fingerprint density at radius 2 is 2.21 bits per heavy atom. The van der Waals surface area contributed by atoms with E-state index in [4.69, 9.17) is 4.74 Å². The first kappa shape index (κ1) is 11.5. The van der Waals surface area contributed by atoms with E-state index in [1.807, 2.05) is 0 Å². The maximum absolute atomic E-state index is 11.1. The van der Waals surface area contributed by atoms with Crippen molar-refractivity contribution in [2.24, 2.45) is 0 Å². The Balaban J connectivity index is 2.09. The third-order valence-corrected chi connectivity index (χ3v) is 2.97. The predicted octanol–water partition coefficient (Wildman–Crippen LogP) is -0.674. The van der Waals surface area contributed by atoms with Gasteiger partial charge in [-0.3, -0.25) is 4.79 Å². The molecule has 0 aromatic carbocycles. The Morgan fingerprint density at radius 3 is 2.64 bits per heavy atom. The summed E-state index contributed by atoms with van der Waals surface area (Å²) in [5, 5.41) is 2.63. The summed E-state index contributed by atoms with van der Waals surface area (Å²) < 4.78 is 26.6. The van der Waals surface area contributed by atoms with Crippen LogP contribution in [-0.2, 0) is 19.4 Å². The molecule has 0 spiro atoms. The van der Waals surface area contributed by atoms with Crippen molar-refractivity contribution in [1.82, 2.24) is 5.32 Å². The van der Waals surface area contributed by atoms with E-state index in [1.54, 1.807) is 0 Å². The van der Waals surface area contributed by atoms with Gasteiger partial charge in [0.05, 0.1) is 11.9 Å². The number of carbonyl (C=O) groups excluding carboxylic acids is 1. The molecule has 1 aliphatic heterocycles. The topological polar surface area (TPSA) is 72.5 Å². The maximum Gasteiger partial charge on any atom is 0.221 e. The fourth-order valence-electron chi connectivity index (χ4n) is 1.04. The van der Waals surface area contributed by atoms with Gasteiger partial charge in [-0.2, -0.15) is 0 Å². The van der Waals surface area contributed by atoms with Crippen molar-refractivity contribution in [2.75, 3.05) is 25.2 Å². The molecule has 1 aliphatic rings. The second-order valence-electron chi connectivity index (χ2n) is 3.47. The molecule has 1 rings (SSSR count). The van der Waals surface area contributed by atoms with Crippen LogP contribution >= 0.6 is 0 Å². The van der Waals surface area contributed by atoms with E-state index in [0.717, 1.165) is 19.3 Å². The third kappa shape index (κ3) is 4.57. The summed E-state index contributed by atoms with van der Waals surface area (Å²) in [7, 11) is -3.04. The lowest BCUT2D eigenvalue weighted by Gasteiger charge is -2.26. The van der Waals surface area contributed by atoms with E-state index in [-0.39, 0.29) is 24.2 Å². The Labute approximate surface area is 83.7 Å². The fourth-order valence-corrected chi connectivity index (χ4v) is 1.60. The molecule has 0 aliphatic carbocycles. The first-order chi connectivity index (χ1) is 6.47. The van der Waals surface area contributed by atoms with Crippen molar-refractivity contribution in [3.05, 3.63) is 0 Å². The zero-order valence-corrected chi connectivity index (χ0v) is 8.97. The fraction of sp³-hybridized carbons (Fsp3) is 0.875. The van der Waals surface area contributed by atoms with E-state index in [2.05, 4.69) is 5.32 Å². The second-order valence-corrected chi connectivity index (χ2v) is 5.73. The number of nitrogens with one attached hydrogen (secondary N) is 1. The van der Waals surface area contributed by atoms with Gasteiger partial charge in [-0.05, 0) is 6.42 Å². The molecule has 1 heterocycles. The highest BCUT2D eigenvalue weighted by Crippen LogP contribution is 2.08. The molecular formula is C8H15NO4S. The summed E-state index contributed by atoms with van der Waals surface area (Å²) in [6, 6.07) is 0. The van der Waals surface area contributed by atoms with Crippen LogP contribution in [-0.4, -0.2) is 45.6 Å². The molecule has 1 atom stereocenters. The molecular weight excluding hydrogens is 206 g/mol. The normalized spacial score (nSPS) is 21.4. The van der Waals surface area contributed by atoms with E-state index in [0.29, 0.717) is 6.54 Å². The molecule has 1 fully saturated rings. The van der Waals surface area contributed by atoms with Crippen LogP contribution in [0.25, 0.3) is 0 Å². The standard InChI is InChI=1S/C8H15NO4S/c1-14(11,12)5-3-8(10)9-6-7-2-4-13-7/h7H,2-6H2,1H3,(H,9,10). The van der Waals surface area contributed by atoms with Gasteiger partial charge in [-0.15, -0.1) is 0 Å². The third-order valence-electron chi connectivity index (χ3n) is 2.02. The maximum atomic E-state index is 11.1. The Morgan fingerprint density at radius 1 is 1.57 bits per heavy atom. The summed E-state index contributed by atoms with van der Waals surface area (Å²) in [5.74, 6) is -0.324. The lowest BCUT2D eigenvalue weighted by molar-refractivity contribution is -0.122. The minimum atomic E-state index is -3.04. The molecule has 1 N–H and O–H groups in total. The average Bonchev–Trinajstić information content (AvgIpc) is 1.96. The van der Waals surface area contributed by atoms with Crippen molar-refractivity contribution in [1.29, 1.82) is 0 Å². The lowest BCUT2D eigenvalue weighted by atomic mass is 10.2. The van der Waals surface area contributed by atoms with Gasteiger partial charge < -0.3 is 10.1 Å². The monoisotopic (exact) mass is 221 g/mol. The van der Waals surface area contributed by atoms with Gasteiger partial charge in [-0.1, -0.05) is 0 Å². The van der Waals surface area contributed by atoms with Gasteiger partial charge in [0, 0.05) is 25.8 Å². The van der Waals surface area contributed by atoms with Gasteiger partial charge in [0.25, 0.3) is 0 Å². The zero-order chi connectivity index (χ0) is 10.6. The van der Waals surface area contributed by atoms with Crippen LogP contribution in [0.4, 0.5) is 0 Å². The van der Waals surface area contributed by atoms with Crippen LogP contribution in [0.1, 0.15) is 12.8 Å². The summed E-state index contributed by atoms with van der Waals surface area (Å²) in [4.78, 5) is 11.1. The molecule has 1 amide bonds. The van der Waals surface area contributed by atoms with Gasteiger partial charge >= 0.3 is 0 Å². The van der Waals surface area contributed by atoms with Gasteiger partial charge in [-0.25, -0.2) is 8.42 Å². The van der Waals surface area contributed by atoms with Crippen molar-refractivity contribution < 1.29 is 17.9 Å². The second kappa shape index (κ2) is 4.75. The van der Waals surface area contributed by atoms with Crippen molar-refractivity contribution in [3.63, 3.8) is 0 Å². The summed E-state index contributed by atoms with van der Waals surface area (Å²) >= 11 is 0. The summed E-state index contributed by atoms with van der Waals surface area (Å²) in [6.07, 6.45) is 2.24. The number of ether oxygens (including phenoxy) is 1. The first-order valence-corrected chi connectivity index (χ1v) is 6.59. The van der Waals surface area contributed by atoms with Gasteiger partial charge in [0.1, 0.15) is 9.84 Å². The quantitative estimate of drug-likeness (QED) is 0.668.